The van der Waals surface area contributed by atoms with E-state index in [2.05, 4.69) is 54.2 Å². The van der Waals surface area contributed by atoms with Crippen LogP contribution < -0.4 is 5.56 Å². The summed E-state index contributed by atoms with van der Waals surface area (Å²) in [6.45, 7) is 4.38. The molecule has 168 valence electrons. The van der Waals surface area contributed by atoms with Crippen molar-refractivity contribution in [2.45, 2.75) is 32.0 Å². The van der Waals surface area contributed by atoms with Crippen molar-refractivity contribution in [3.63, 3.8) is 0 Å². The Morgan fingerprint density at radius 2 is 1.85 bits per heavy atom. The lowest BCUT2D eigenvalue weighted by atomic mass is 9.82. The van der Waals surface area contributed by atoms with Gasteiger partial charge in [-0.05, 0) is 67.4 Å². The largest absolute Gasteiger partial charge is 0.311 e. The van der Waals surface area contributed by atoms with Crippen LogP contribution in [0.5, 0.6) is 0 Å². The molecule has 0 N–H and O–H groups in total. The molecule has 2 bridgehead atoms. The fourth-order valence-corrected chi connectivity index (χ4v) is 5.64. The van der Waals surface area contributed by atoms with E-state index in [0.717, 1.165) is 50.3 Å². The van der Waals surface area contributed by atoms with Gasteiger partial charge in [0.15, 0.2) is 0 Å². The Kier molecular flexibility index (Phi) is 5.88. The van der Waals surface area contributed by atoms with E-state index in [4.69, 9.17) is 0 Å². The number of nitrogens with zero attached hydrogens (tertiary/aromatic N) is 4. The zero-order chi connectivity index (χ0) is 22.9. The summed E-state index contributed by atoms with van der Waals surface area (Å²) < 4.78 is 2.05. The van der Waals surface area contributed by atoms with E-state index in [0.29, 0.717) is 17.4 Å². The number of benzene rings is 2. The normalized spacial score (nSPS) is 19.8. The molecule has 3 aromatic rings. The molecule has 5 nitrogen and oxygen atoms in total. The lowest BCUT2D eigenvalue weighted by Gasteiger charge is -2.43. The standard InChI is InChI=1S/C28H30N4O/c1-30(2)18-23-8-3-4-9-25(23)26-10-11-27-24-13-22(17-32(27)28(26)33)16-31(19-24)15-21-7-5-6-20(12-21)14-29/h3-12,22,24H,13,15-19H2,1-2H3/t22-,24-/m1/s1. The average molecular weight is 439 g/mol. The van der Waals surface area contributed by atoms with Crippen LogP contribution in [0, 0.1) is 17.2 Å². The molecule has 2 aromatic carbocycles. The maximum atomic E-state index is 13.6. The monoisotopic (exact) mass is 438 g/mol. The molecule has 0 spiro atoms. The molecule has 0 radical (unpaired) electrons. The van der Waals surface area contributed by atoms with Gasteiger partial charge in [0.05, 0.1) is 11.6 Å². The fraction of sp³-hybridized carbons (Fsp3) is 0.357. The Labute approximate surface area is 195 Å². The predicted molar refractivity (Wildman–Crippen MR) is 131 cm³/mol. The molecule has 33 heavy (non-hydrogen) atoms. The minimum atomic E-state index is 0.142. The minimum absolute atomic E-state index is 0.142. The van der Waals surface area contributed by atoms with E-state index in [1.807, 2.05) is 41.0 Å². The summed E-state index contributed by atoms with van der Waals surface area (Å²) >= 11 is 0. The molecular formula is C28H30N4O. The van der Waals surface area contributed by atoms with Crippen LogP contribution in [0.15, 0.2) is 65.5 Å². The molecule has 3 heterocycles. The van der Waals surface area contributed by atoms with E-state index >= 15 is 0 Å². The molecule has 2 atom stereocenters. The van der Waals surface area contributed by atoms with Gasteiger partial charge < -0.3 is 9.47 Å². The summed E-state index contributed by atoms with van der Waals surface area (Å²) in [5.41, 5.74) is 6.23. The molecule has 2 aliphatic rings. The number of likely N-dealkylation sites (tertiary alicyclic amines) is 1. The number of pyridine rings is 1. The number of fused-ring (bicyclic) bond motifs is 4. The molecule has 5 rings (SSSR count). The van der Waals surface area contributed by atoms with Crippen LogP contribution in [0.1, 0.15) is 34.7 Å². The third kappa shape index (κ3) is 4.37. The summed E-state index contributed by atoms with van der Waals surface area (Å²) in [7, 11) is 4.11. The van der Waals surface area contributed by atoms with Crippen LogP contribution in [0.3, 0.4) is 0 Å². The summed E-state index contributed by atoms with van der Waals surface area (Å²) in [5, 5.41) is 9.20. The van der Waals surface area contributed by atoms with Crippen LogP contribution in [0.4, 0.5) is 0 Å². The van der Waals surface area contributed by atoms with Crippen molar-refractivity contribution >= 4 is 0 Å². The van der Waals surface area contributed by atoms with Gasteiger partial charge in [0.1, 0.15) is 0 Å². The Morgan fingerprint density at radius 1 is 1.00 bits per heavy atom. The second-order valence-corrected chi connectivity index (χ2v) is 9.79. The van der Waals surface area contributed by atoms with E-state index in [1.54, 1.807) is 0 Å². The van der Waals surface area contributed by atoms with E-state index < -0.39 is 0 Å². The lowest BCUT2D eigenvalue weighted by Crippen LogP contribution is -2.47. The van der Waals surface area contributed by atoms with Crippen molar-refractivity contribution in [3.8, 4) is 17.2 Å². The smallest absolute Gasteiger partial charge is 0.258 e. The molecule has 0 saturated carbocycles. The van der Waals surface area contributed by atoms with Crippen molar-refractivity contribution in [1.82, 2.24) is 14.4 Å². The van der Waals surface area contributed by atoms with Crippen LogP contribution in [0.2, 0.25) is 0 Å². The first-order valence-electron chi connectivity index (χ1n) is 11.7. The Bertz CT molecular complexity index is 1270. The summed E-state index contributed by atoms with van der Waals surface area (Å²) in [5.74, 6) is 0.843. The third-order valence-electron chi connectivity index (χ3n) is 6.94. The zero-order valence-corrected chi connectivity index (χ0v) is 19.4. The average Bonchev–Trinajstić information content (AvgIpc) is 2.80. The van der Waals surface area contributed by atoms with Crippen LogP contribution >= 0.6 is 0 Å². The predicted octanol–water partition coefficient (Wildman–Crippen LogP) is 4.07. The molecule has 1 saturated heterocycles. The number of hydrogen-bond acceptors (Lipinski definition) is 4. The van der Waals surface area contributed by atoms with Crippen LogP contribution in [0.25, 0.3) is 11.1 Å². The summed E-state index contributed by atoms with van der Waals surface area (Å²) in [6.07, 6.45) is 1.14. The Morgan fingerprint density at radius 3 is 2.67 bits per heavy atom. The highest BCUT2D eigenvalue weighted by Crippen LogP contribution is 2.36. The van der Waals surface area contributed by atoms with Crippen LogP contribution in [-0.2, 0) is 19.6 Å². The maximum absolute atomic E-state index is 13.6. The molecule has 0 amide bonds. The van der Waals surface area contributed by atoms with Gasteiger partial charge in [-0.3, -0.25) is 9.69 Å². The Hall–Kier alpha value is -3.20. The fourth-order valence-electron chi connectivity index (χ4n) is 5.64. The van der Waals surface area contributed by atoms with Crippen molar-refractivity contribution in [2.24, 2.45) is 5.92 Å². The van der Waals surface area contributed by atoms with Crippen molar-refractivity contribution in [2.75, 3.05) is 27.2 Å². The maximum Gasteiger partial charge on any atom is 0.258 e. The second kappa shape index (κ2) is 8.97. The highest BCUT2D eigenvalue weighted by Gasteiger charge is 2.35. The van der Waals surface area contributed by atoms with Crippen molar-refractivity contribution in [3.05, 3.63) is 93.4 Å². The third-order valence-corrected chi connectivity index (χ3v) is 6.94. The van der Waals surface area contributed by atoms with Gasteiger partial charge in [-0.25, -0.2) is 0 Å². The van der Waals surface area contributed by atoms with Gasteiger partial charge in [0.25, 0.3) is 5.56 Å². The van der Waals surface area contributed by atoms with E-state index in [1.165, 1.54) is 16.8 Å². The van der Waals surface area contributed by atoms with Gasteiger partial charge in [-0.2, -0.15) is 5.26 Å². The number of rotatable bonds is 5. The molecule has 0 unspecified atom stereocenters. The first kappa shape index (κ1) is 21.6. The molecule has 5 heteroatoms. The molecule has 2 aliphatic heterocycles. The molecule has 0 aliphatic carbocycles. The SMILES string of the molecule is CN(C)Cc1ccccc1-c1ccc2n(c1=O)C[C@@H]1C[C@@H]2CN(Cc2cccc(C#N)c2)C1. The summed E-state index contributed by atoms with van der Waals surface area (Å²) in [6, 6.07) is 22.6. The first-order valence-corrected chi connectivity index (χ1v) is 11.7. The highest BCUT2D eigenvalue weighted by atomic mass is 16.1. The van der Waals surface area contributed by atoms with E-state index in [-0.39, 0.29) is 5.56 Å². The number of piperidine rings is 1. The quantitative estimate of drug-likeness (QED) is 0.603. The molecule has 1 fully saturated rings. The number of aromatic nitrogens is 1. The topological polar surface area (TPSA) is 52.3 Å². The van der Waals surface area contributed by atoms with Gasteiger partial charge >= 0.3 is 0 Å². The number of nitriles is 1. The van der Waals surface area contributed by atoms with Crippen molar-refractivity contribution in [1.29, 1.82) is 5.26 Å². The highest BCUT2D eigenvalue weighted by molar-refractivity contribution is 5.66. The first-order chi connectivity index (χ1) is 16.0. The lowest BCUT2D eigenvalue weighted by molar-refractivity contribution is 0.114. The van der Waals surface area contributed by atoms with Gasteiger partial charge in [0, 0.05) is 49.9 Å². The molecular weight excluding hydrogens is 408 g/mol. The minimum Gasteiger partial charge on any atom is -0.311 e. The zero-order valence-electron chi connectivity index (χ0n) is 19.4. The van der Waals surface area contributed by atoms with Gasteiger partial charge in [-0.15, -0.1) is 0 Å². The van der Waals surface area contributed by atoms with Crippen LogP contribution in [-0.4, -0.2) is 41.6 Å². The number of hydrogen-bond donors (Lipinski definition) is 0. The second-order valence-electron chi connectivity index (χ2n) is 9.79. The van der Waals surface area contributed by atoms with Crippen molar-refractivity contribution < 1.29 is 0 Å². The Balaban J connectivity index is 1.43. The van der Waals surface area contributed by atoms with E-state index in [9.17, 15) is 10.1 Å². The molecule has 1 aromatic heterocycles. The van der Waals surface area contributed by atoms with Gasteiger partial charge in [0.2, 0.25) is 0 Å². The van der Waals surface area contributed by atoms with Gasteiger partial charge in [-0.1, -0.05) is 36.4 Å². The summed E-state index contributed by atoms with van der Waals surface area (Å²) in [4.78, 5) is 18.3.